The highest BCUT2D eigenvalue weighted by molar-refractivity contribution is 4.81. The molecule has 0 spiro atoms. The zero-order valence-corrected chi connectivity index (χ0v) is 7.57. The summed E-state index contributed by atoms with van der Waals surface area (Å²) in [5.41, 5.74) is -0.00826. The summed E-state index contributed by atoms with van der Waals surface area (Å²) in [5.74, 6) is 0. The van der Waals surface area contributed by atoms with Crippen molar-refractivity contribution >= 4 is 0 Å². The Hall–Kier alpha value is -0.110. The first-order valence-corrected chi connectivity index (χ1v) is 4.48. The van der Waals surface area contributed by atoms with E-state index in [4.69, 9.17) is 0 Å². The molecule has 0 unspecified atom stereocenters. The molecule has 2 heteroatoms. The molecule has 0 N–H and O–H groups in total. The molecule has 1 fully saturated rings. The van der Waals surface area contributed by atoms with E-state index in [1.165, 1.54) is 0 Å². The largest absolute Gasteiger partial charge is 0.304 e. The van der Waals surface area contributed by atoms with Crippen LogP contribution in [0.25, 0.3) is 0 Å². The summed E-state index contributed by atoms with van der Waals surface area (Å²) in [4.78, 5) is 2.39. The summed E-state index contributed by atoms with van der Waals surface area (Å²) >= 11 is 0. The molecule has 1 aliphatic heterocycles. The highest BCUT2D eigenvalue weighted by Gasteiger charge is 2.29. The van der Waals surface area contributed by atoms with Crippen LogP contribution in [-0.2, 0) is 0 Å². The molecular formula is C9H18FN. The summed E-state index contributed by atoms with van der Waals surface area (Å²) in [6, 6.07) is 0. The van der Waals surface area contributed by atoms with Crippen LogP contribution in [0, 0.1) is 5.41 Å². The number of hydrogen-bond acceptors (Lipinski definition) is 1. The first-order valence-electron chi connectivity index (χ1n) is 4.48. The summed E-state index contributed by atoms with van der Waals surface area (Å²) in [6.07, 6.45) is 2.05. The predicted octanol–water partition coefficient (Wildman–Crippen LogP) is 2.08. The van der Waals surface area contributed by atoms with E-state index in [2.05, 4.69) is 18.7 Å². The van der Waals surface area contributed by atoms with Crippen LogP contribution in [0.2, 0.25) is 0 Å². The van der Waals surface area contributed by atoms with Gasteiger partial charge in [-0.05, 0) is 37.9 Å². The Labute approximate surface area is 68.6 Å². The average molecular weight is 159 g/mol. The molecule has 0 saturated carbocycles. The Bertz CT molecular complexity index is 117. The number of likely N-dealkylation sites (tertiary alicyclic amines) is 1. The van der Waals surface area contributed by atoms with Crippen molar-refractivity contribution in [3.8, 4) is 0 Å². The topological polar surface area (TPSA) is 3.24 Å². The first kappa shape index (κ1) is 8.98. The van der Waals surface area contributed by atoms with Crippen LogP contribution in [0.1, 0.15) is 26.7 Å². The van der Waals surface area contributed by atoms with Crippen LogP contribution >= 0.6 is 0 Å². The van der Waals surface area contributed by atoms with Crippen molar-refractivity contribution in [2.75, 3.05) is 26.3 Å². The summed E-state index contributed by atoms with van der Waals surface area (Å²) in [5, 5.41) is 0. The first-order chi connectivity index (χ1) is 5.20. The van der Waals surface area contributed by atoms with Crippen molar-refractivity contribution in [1.29, 1.82) is 0 Å². The Morgan fingerprint density at radius 2 is 1.91 bits per heavy atom. The second kappa shape index (κ2) is 3.53. The molecule has 1 nitrogen and oxygen atoms in total. The normalized spacial score (nSPS) is 25.4. The lowest BCUT2D eigenvalue weighted by Gasteiger charge is -2.37. The Balaban J connectivity index is 2.35. The third-order valence-corrected chi connectivity index (χ3v) is 2.83. The summed E-state index contributed by atoms with van der Waals surface area (Å²) in [6.45, 7) is 7.35. The summed E-state index contributed by atoms with van der Waals surface area (Å²) < 4.78 is 12.5. The number of rotatable bonds is 2. The molecule has 0 aliphatic carbocycles. The molecule has 66 valence electrons. The molecule has 1 heterocycles. The van der Waals surface area contributed by atoms with E-state index in [0.29, 0.717) is 0 Å². The molecule has 1 rings (SSSR count). The predicted molar refractivity (Wildman–Crippen MR) is 45.4 cm³/mol. The molecule has 1 saturated heterocycles. The fraction of sp³-hybridized carbons (Fsp3) is 1.00. The van der Waals surface area contributed by atoms with Crippen LogP contribution in [-0.4, -0.2) is 31.2 Å². The molecular weight excluding hydrogens is 141 g/mol. The van der Waals surface area contributed by atoms with E-state index in [1.807, 2.05) is 0 Å². The number of nitrogens with zero attached hydrogens (tertiary/aromatic N) is 1. The lowest BCUT2D eigenvalue weighted by atomic mass is 9.82. The molecule has 11 heavy (non-hydrogen) atoms. The quantitative estimate of drug-likeness (QED) is 0.596. The van der Waals surface area contributed by atoms with Crippen molar-refractivity contribution in [3.63, 3.8) is 0 Å². The van der Waals surface area contributed by atoms with Gasteiger partial charge in [-0.2, -0.15) is 0 Å². The van der Waals surface area contributed by atoms with Crippen molar-refractivity contribution < 1.29 is 4.39 Å². The van der Waals surface area contributed by atoms with E-state index in [9.17, 15) is 4.39 Å². The van der Waals surface area contributed by atoms with Crippen LogP contribution < -0.4 is 0 Å². The molecule has 0 bridgehead atoms. The second-order valence-corrected chi connectivity index (χ2v) is 3.88. The minimum absolute atomic E-state index is 0.00826. The molecule has 1 aliphatic rings. The van der Waals surface area contributed by atoms with Gasteiger partial charge in [-0.15, -0.1) is 0 Å². The molecule has 0 aromatic carbocycles. The number of alkyl halides is 1. The van der Waals surface area contributed by atoms with E-state index in [0.717, 1.165) is 32.5 Å². The summed E-state index contributed by atoms with van der Waals surface area (Å²) in [7, 11) is 0. The van der Waals surface area contributed by atoms with Gasteiger partial charge in [-0.25, -0.2) is 0 Å². The van der Waals surface area contributed by atoms with Gasteiger partial charge in [-0.1, -0.05) is 13.8 Å². The van der Waals surface area contributed by atoms with Crippen molar-refractivity contribution in [2.45, 2.75) is 26.7 Å². The van der Waals surface area contributed by atoms with E-state index >= 15 is 0 Å². The minimum Gasteiger partial charge on any atom is -0.304 e. The maximum atomic E-state index is 12.5. The van der Waals surface area contributed by atoms with Gasteiger partial charge >= 0.3 is 0 Å². The Kier molecular flexibility index (Phi) is 2.88. The number of piperidine rings is 1. The fourth-order valence-corrected chi connectivity index (χ4v) is 1.54. The van der Waals surface area contributed by atoms with E-state index < -0.39 is 0 Å². The van der Waals surface area contributed by atoms with Crippen LogP contribution in [0.15, 0.2) is 0 Å². The van der Waals surface area contributed by atoms with Gasteiger partial charge in [0.1, 0.15) is 0 Å². The Morgan fingerprint density at radius 3 is 2.27 bits per heavy atom. The third-order valence-electron chi connectivity index (χ3n) is 2.83. The third kappa shape index (κ3) is 2.16. The molecule has 0 radical (unpaired) electrons. The van der Waals surface area contributed by atoms with Crippen LogP contribution in [0.3, 0.4) is 0 Å². The van der Waals surface area contributed by atoms with Crippen molar-refractivity contribution in [3.05, 3.63) is 0 Å². The second-order valence-electron chi connectivity index (χ2n) is 3.88. The highest BCUT2D eigenvalue weighted by atomic mass is 19.1. The average Bonchev–Trinajstić information content (AvgIpc) is 2.06. The van der Waals surface area contributed by atoms with Gasteiger partial charge in [-0.3, -0.25) is 4.39 Å². The maximum Gasteiger partial charge on any atom is 0.0948 e. The van der Waals surface area contributed by atoms with Gasteiger partial charge in [0.2, 0.25) is 0 Å². The lowest BCUT2D eigenvalue weighted by molar-refractivity contribution is 0.0968. The van der Waals surface area contributed by atoms with Gasteiger partial charge in [0.25, 0.3) is 0 Å². The number of halogens is 1. The Morgan fingerprint density at radius 1 is 1.36 bits per heavy atom. The minimum atomic E-state index is -0.148. The molecule has 0 atom stereocenters. The van der Waals surface area contributed by atoms with Gasteiger partial charge < -0.3 is 4.90 Å². The zero-order chi connectivity index (χ0) is 8.32. The monoisotopic (exact) mass is 159 g/mol. The van der Waals surface area contributed by atoms with E-state index in [1.54, 1.807) is 0 Å². The standard InChI is InChI=1S/C9H18FN/c1-3-11-6-4-9(2,8-10)5-7-11/h3-8H2,1-2H3. The van der Waals surface area contributed by atoms with Crippen LogP contribution in [0.5, 0.6) is 0 Å². The van der Waals surface area contributed by atoms with Crippen molar-refractivity contribution in [1.82, 2.24) is 4.90 Å². The van der Waals surface area contributed by atoms with Gasteiger partial charge in [0, 0.05) is 0 Å². The SMILES string of the molecule is CCN1CCC(C)(CF)CC1. The molecule has 0 amide bonds. The van der Waals surface area contributed by atoms with Crippen molar-refractivity contribution in [2.24, 2.45) is 5.41 Å². The smallest absolute Gasteiger partial charge is 0.0948 e. The van der Waals surface area contributed by atoms with Gasteiger partial charge in [0.15, 0.2) is 0 Å². The lowest BCUT2D eigenvalue weighted by Crippen LogP contribution is -2.39. The molecule has 0 aromatic rings. The number of hydrogen-bond donors (Lipinski definition) is 0. The fourth-order valence-electron chi connectivity index (χ4n) is 1.54. The van der Waals surface area contributed by atoms with Crippen LogP contribution in [0.4, 0.5) is 4.39 Å². The highest BCUT2D eigenvalue weighted by Crippen LogP contribution is 2.30. The molecule has 0 aromatic heterocycles. The van der Waals surface area contributed by atoms with Gasteiger partial charge in [0.05, 0.1) is 6.67 Å². The maximum absolute atomic E-state index is 12.5. The zero-order valence-electron chi connectivity index (χ0n) is 7.57. The van der Waals surface area contributed by atoms with E-state index in [-0.39, 0.29) is 12.1 Å².